The van der Waals surface area contributed by atoms with E-state index < -0.39 is 6.04 Å². The van der Waals surface area contributed by atoms with E-state index in [2.05, 4.69) is 22.2 Å². The average molecular weight is 345 g/mol. The summed E-state index contributed by atoms with van der Waals surface area (Å²) in [7, 11) is 3.95. The Labute approximate surface area is 147 Å². The summed E-state index contributed by atoms with van der Waals surface area (Å²) in [5.74, 6) is 0.413. The van der Waals surface area contributed by atoms with Gasteiger partial charge in [0.05, 0.1) is 0 Å². The molecule has 0 saturated carbocycles. The molecule has 2 heterocycles. The molecule has 25 heavy (non-hydrogen) atoms. The van der Waals surface area contributed by atoms with E-state index in [0.29, 0.717) is 12.4 Å². The van der Waals surface area contributed by atoms with Crippen molar-refractivity contribution in [1.82, 2.24) is 24.7 Å². The lowest BCUT2D eigenvalue weighted by atomic mass is 10.1. The number of aryl methyl sites for hydroxylation is 1. The van der Waals surface area contributed by atoms with Crippen molar-refractivity contribution in [1.29, 1.82) is 0 Å². The summed E-state index contributed by atoms with van der Waals surface area (Å²) < 4.78 is 15.2. The minimum absolute atomic E-state index is 0.118. The predicted octanol–water partition coefficient (Wildman–Crippen LogP) is 2.00. The van der Waals surface area contributed by atoms with Crippen LogP contribution in [-0.4, -0.2) is 58.6 Å². The summed E-state index contributed by atoms with van der Waals surface area (Å²) in [6.07, 6.45) is 4.48. The number of imidazole rings is 1. The Morgan fingerprint density at radius 3 is 2.60 bits per heavy atom. The molecule has 0 bridgehead atoms. The number of likely N-dealkylation sites (N-methyl/N-ethyl adjacent to an activating group) is 1. The number of hydrogen-bond acceptors (Lipinski definition) is 3. The number of carbonyl (C=O) groups is 1. The van der Waals surface area contributed by atoms with Crippen LogP contribution in [0.15, 0.2) is 36.7 Å². The van der Waals surface area contributed by atoms with Gasteiger partial charge < -0.3 is 19.7 Å². The summed E-state index contributed by atoms with van der Waals surface area (Å²) in [5, 5.41) is 3.07. The zero-order valence-electron chi connectivity index (χ0n) is 14.7. The predicted molar refractivity (Wildman–Crippen MR) is 93.7 cm³/mol. The molecule has 1 fully saturated rings. The molecule has 134 valence electrons. The fourth-order valence-corrected chi connectivity index (χ4v) is 3.07. The van der Waals surface area contributed by atoms with Crippen LogP contribution in [-0.2, 0) is 7.05 Å². The first kappa shape index (κ1) is 17.4. The quantitative estimate of drug-likeness (QED) is 0.926. The van der Waals surface area contributed by atoms with E-state index in [1.807, 2.05) is 22.7 Å². The zero-order chi connectivity index (χ0) is 17.8. The first-order valence-electron chi connectivity index (χ1n) is 8.51. The molecule has 1 aliphatic rings. The van der Waals surface area contributed by atoms with Crippen molar-refractivity contribution >= 4 is 6.03 Å². The number of nitrogens with one attached hydrogen (secondary N) is 1. The zero-order valence-corrected chi connectivity index (χ0v) is 14.7. The lowest BCUT2D eigenvalue weighted by Crippen LogP contribution is -2.44. The molecule has 1 aromatic carbocycles. The molecule has 1 atom stereocenters. The highest BCUT2D eigenvalue weighted by Gasteiger charge is 2.24. The Bertz CT molecular complexity index is 715. The van der Waals surface area contributed by atoms with Crippen LogP contribution in [0.1, 0.15) is 23.9 Å². The van der Waals surface area contributed by atoms with Gasteiger partial charge in [-0.15, -0.1) is 0 Å². The minimum atomic E-state index is -0.422. The monoisotopic (exact) mass is 345 g/mol. The number of aromatic nitrogens is 2. The molecule has 0 spiro atoms. The summed E-state index contributed by atoms with van der Waals surface area (Å²) in [4.78, 5) is 21.2. The molecule has 1 aliphatic heterocycles. The van der Waals surface area contributed by atoms with Gasteiger partial charge in [0, 0.05) is 39.1 Å². The van der Waals surface area contributed by atoms with Gasteiger partial charge in [-0.05, 0) is 37.7 Å². The van der Waals surface area contributed by atoms with Gasteiger partial charge in [0.2, 0.25) is 0 Å². The van der Waals surface area contributed by atoms with Crippen molar-refractivity contribution in [2.75, 3.05) is 33.2 Å². The van der Waals surface area contributed by atoms with E-state index in [4.69, 9.17) is 0 Å². The van der Waals surface area contributed by atoms with Crippen molar-refractivity contribution in [3.05, 3.63) is 53.9 Å². The van der Waals surface area contributed by atoms with E-state index >= 15 is 0 Å². The Morgan fingerprint density at radius 2 is 1.92 bits per heavy atom. The number of urea groups is 1. The van der Waals surface area contributed by atoms with Gasteiger partial charge in [-0.2, -0.15) is 0 Å². The number of amides is 2. The van der Waals surface area contributed by atoms with Gasteiger partial charge in [-0.3, -0.25) is 0 Å². The van der Waals surface area contributed by atoms with Gasteiger partial charge in [0.25, 0.3) is 0 Å². The summed E-state index contributed by atoms with van der Waals surface area (Å²) in [5.41, 5.74) is 0.802. The third kappa shape index (κ3) is 4.17. The van der Waals surface area contributed by atoms with E-state index in [-0.39, 0.29) is 11.8 Å². The topological polar surface area (TPSA) is 53.4 Å². The van der Waals surface area contributed by atoms with Gasteiger partial charge in [-0.1, -0.05) is 12.1 Å². The molecule has 1 saturated heterocycles. The average Bonchev–Trinajstić information content (AvgIpc) is 2.89. The number of benzene rings is 1. The number of rotatable bonds is 3. The minimum Gasteiger partial charge on any atom is -0.336 e. The Balaban J connectivity index is 1.81. The van der Waals surface area contributed by atoms with Gasteiger partial charge in [-0.25, -0.2) is 14.2 Å². The molecule has 2 amide bonds. The normalized spacial score (nSPS) is 17.2. The molecule has 0 unspecified atom stereocenters. The van der Waals surface area contributed by atoms with Gasteiger partial charge >= 0.3 is 6.03 Å². The Morgan fingerprint density at radius 1 is 1.16 bits per heavy atom. The van der Waals surface area contributed by atoms with Crippen LogP contribution in [0, 0.1) is 5.82 Å². The van der Waals surface area contributed by atoms with Crippen LogP contribution < -0.4 is 5.32 Å². The molecule has 7 heteroatoms. The van der Waals surface area contributed by atoms with E-state index in [1.165, 1.54) is 12.1 Å². The van der Waals surface area contributed by atoms with Crippen LogP contribution in [0.4, 0.5) is 9.18 Å². The summed E-state index contributed by atoms with van der Waals surface area (Å²) >= 11 is 0. The standard InChI is InChI=1S/C18H24FN5O/c1-22-9-3-10-24(13-12-22)18(25)21-16(17-20-8-11-23(17)2)14-4-6-15(19)7-5-14/h4-8,11,16H,3,9-10,12-13H2,1-2H3,(H,21,25)/t16-/m0/s1. The number of nitrogens with zero attached hydrogens (tertiary/aromatic N) is 4. The van der Waals surface area contributed by atoms with E-state index in [9.17, 15) is 9.18 Å². The third-order valence-electron chi connectivity index (χ3n) is 4.59. The number of hydrogen-bond donors (Lipinski definition) is 1. The van der Waals surface area contributed by atoms with E-state index in [0.717, 1.165) is 31.6 Å². The van der Waals surface area contributed by atoms with Crippen molar-refractivity contribution in [2.24, 2.45) is 7.05 Å². The van der Waals surface area contributed by atoms with Crippen LogP contribution >= 0.6 is 0 Å². The Hall–Kier alpha value is -2.41. The highest BCUT2D eigenvalue weighted by molar-refractivity contribution is 5.75. The van der Waals surface area contributed by atoms with Crippen molar-refractivity contribution in [2.45, 2.75) is 12.5 Å². The second-order valence-electron chi connectivity index (χ2n) is 6.47. The SMILES string of the molecule is CN1CCCN(C(=O)N[C@@H](c2ccc(F)cc2)c2nccn2C)CC1. The van der Waals surface area contributed by atoms with Crippen LogP contribution in [0.5, 0.6) is 0 Å². The maximum absolute atomic E-state index is 13.3. The lowest BCUT2D eigenvalue weighted by molar-refractivity contribution is 0.196. The van der Waals surface area contributed by atoms with Gasteiger partial charge in [0.1, 0.15) is 17.7 Å². The molecule has 0 radical (unpaired) electrons. The molecule has 3 rings (SSSR count). The lowest BCUT2D eigenvalue weighted by Gasteiger charge is -2.25. The molecule has 6 nitrogen and oxygen atoms in total. The first-order chi connectivity index (χ1) is 12.0. The van der Waals surface area contributed by atoms with Gasteiger partial charge in [0.15, 0.2) is 0 Å². The number of carbonyl (C=O) groups excluding carboxylic acids is 1. The molecule has 2 aromatic rings. The third-order valence-corrected chi connectivity index (χ3v) is 4.59. The highest BCUT2D eigenvalue weighted by atomic mass is 19.1. The highest BCUT2D eigenvalue weighted by Crippen LogP contribution is 2.21. The number of halogens is 1. The second kappa shape index (κ2) is 7.65. The smallest absolute Gasteiger partial charge is 0.318 e. The van der Waals surface area contributed by atoms with Crippen LogP contribution in [0.2, 0.25) is 0 Å². The molecule has 1 N–H and O–H groups in total. The maximum atomic E-state index is 13.3. The van der Waals surface area contributed by atoms with Crippen LogP contribution in [0.25, 0.3) is 0 Å². The largest absolute Gasteiger partial charge is 0.336 e. The molecular weight excluding hydrogens is 321 g/mol. The maximum Gasteiger partial charge on any atom is 0.318 e. The fourth-order valence-electron chi connectivity index (χ4n) is 3.07. The second-order valence-corrected chi connectivity index (χ2v) is 6.47. The van der Waals surface area contributed by atoms with Crippen molar-refractivity contribution in [3.63, 3.8) is 0 Å². The van der Waals surface area contributed by atoms with Crippen molar-refractivity contribution in [3.8, 4) is 0 Å². The molecule has 0 aliphatic carbocycles. The molecule has 1 aromatic heterocycles. The molecular formula is C18H24FN5O. The first-order valence-corrected chi connectivity index (χ1v) is 8.51. The van der Waals surface area contributed by atoms with Crippen LogP contribution in [0.3, 0.4) is 0 Å². The van der Waals surface area contributed by atoms with E-state index in [1.54, 1.807) is 18.3 Å². The van der Waals surface area contributed by atoms with Crippen molar-refractivity contribution < 1.29 is 9.18 Å². The fraction of sp³-hybridized carbons (Fsp3) is 0.444. The summed E-state index contributed by atoms with van der Waals surface area (Å²) in [6.45, 7) is 3.27. The Kier molecular flexibility index (Phi) is 5.33. The summed E-state index contributed by atoms with van der Waals surface area (Å²) in [6, 6.07) is 5.63.